The van der Waals surface area contributed by atoms with Crippen molar-refractivity contribution in [1.29, 1.82) is 0 Å². The molecular weight excluding hydrogens is 268 g/mol. The van der Waals surface area contributed by atoms with Gasteiger partial charge < -0.3 is 5.32 Å². The molecule has 0 aliphatic rings. The summed E-state index contributed by atoms with van der Waals surface area (Å²) >= 11 is 0. The minimum atomic E-state index is -0.779. The molecule has 0 radical (unpaired) electrons. The zero-order valence-corrected chi connectivity index (χ0v) is 12.5. The second-order valence-electron chi connectivity index (χ2n) is 5.36. The Labute approximate surface area is 125 Å². The van der Waals surface area contributed by atoms with Gasteiger partial charge in [0.25, 0.3) is 0 Å². The Morgan fingerprint density at radius 1 is 1.05 bits per heavy atom. The predicted octanol–water partition coefficient (Wildman–Crippen LogP) is 4.04. The third-order valence-corrected chi connectivity index (χ3v) is 3.56. The number of hydrogen-bond donors (Lipinski definition) is 1. The van der Waals surface area contributed by atoms with Crippen LogP contribution in [0.15, 0.2) is 42.5 Å². The van der Waals surface area contributed by atoms with Crippen molar-refractivity contribution in [2.75, 3.05) is 6.54 Å². The third-order valence-electron chi connectivity index (χ3n) is 3.56. The number of halogens is 2. The van der Waals surface area contributed by atoms with E-state index in [2.05, 4.69) is 30.4 Å². The quantitative estimate of drug-likeness (QED) is 0.846. The molecule has 112 valence electrons. The van der Waals surface area contributed by atoms with E-state index in [4.69, 9.17) is 0 Å². The summed E-state index contributed by atoms with van der Waals surface area (Å²) in [6, 6.07) is 12.7. The molecular formula is C18H21F2N. The van der Waals surface area contributed by atoms with Gasteiger partial charge in [-0.3, -0.25) is 0 Å². The van der Waals surface area contributed by atoms with Crippen molar-refractivity contribution in [3.05, 3.63) is 70.8 Å². The van der Waals surface area contributed by atoms with Crippen LogP contribution in [0.2, 0.25) is 0 Å². The van der Waals surface area contributed by atoms with E-state index in [0.717, 1.165) is 19.0 Å². The zero-order chi connectivity index (χ0) is 15.2. The van der Waals surface area contributed by atoms with Crippen LogP contribution in [-0.2, 0) is 12.8 Å². The Morgan fingerprint density at radius 2 is 1.81 bits per heavy atom. The summed E-state index contributed by atoms with van der Waals surface area (Å²) in [5, 5.41) is 3.36. The van der Waals surface area contributed by atoms with Crippen molar-refractivity contribution in [3.8, 4) is 0 Å². The van der Waals surface area contributed by atoms with Gasteiger partial charge in [-0.25, -0.2) is 8.78 Å². The first-order valence-electron chi connectivity index (χ1n) is 7.32. The molecule has 21 heavy (non-hydrogen) atoms. The fraction of sp³-hybridized carbons (Fsp3) is 0.333. The van der Waals surface area contributed by atoms with Crippen LogP contribution in [0.25, 0.3) is 0 Å². The van der Waals surface area contributed by atoms with E-state index in [0.29, 0.717) is 12.0 Å². The summed E-state index contributed by atoms with van der Waals surface area (Å²) in [5.74, 6) is -1.51. The van der Waals surface area contributed by atoms with E-state index in [1.54, 1.807) is 12.1 Å². The van der Waals surface area contributed by atoms with Gasteiger partial charge in [-0.1, -0.05) is 48.9 Å². The van der Waals surface area contributed by atoms with Gasteiger partial charge in [-0.05, 0) is 43.5 Å². The zero-order valence-electron chi connectivity index (χ0n) is 12.5. The average Bonchev–Trinajstić information content (AvgIpc) is 2.44. The van der Waals surface area contributed by atoms with Crippen LogP contribution >= 0.6 is 0 Å². The maximum absolute atomic E-state index is 13.8. The average molecular weight is 289 g/mol. The molecule has 0 amide bonds. The van der Waals surface area contributed by atoms with Crippen LogP contribution in [0.1, 0.15) is 23.6 Å². The van der Waals surface area contributed by atoms with Crippen LogP contribution in [-0.4, -0.2) is 12.6 Å². The van der Waals surface area contributed by atoms with Gasteiger partial charge >= 0.3 is 0 Å². The topological polar surface area (TPSA) is 12.0 Å². The van der Waals surface area contributed by atoms with Gasteiger partial charge in [-0.2, -0.15) is 0 Å². The van der Waals surface area contributed by atoms with E-state index in [9.17, 15) is 8.78 Å². The molecule has 1 nitrogen and oxygen atoms in total. The molecule has 0 aromatic heterocycles. The second kappa shape index (κ2) is 7.32. The fourth-order valence-electron chi connectivity index (χ4n) is 2.60. The highest BCUT2D eigenvalue weighted by atomic mass is 19.2. The lowest BCUT2D eigenvalue weighted by Crippen LogP contribution is -2.33. The second-order valence-corrected chi connectivity index (χ2v) is 5.36. The number of nitrogens with one attached hydrogen (secondary N) is 1. The van der Waals surface area contributed by atoms with Crippen molar-refractivity contribution in [2.45, 2.75) is 32.7 Å². The van der Waals surface area contributed by atoms with E-state index in [1.165, 1.54) is 11.1 Å². The van der Waals surface area contributed by atoms with E-state index in [1.807, 2.05) is 13.0 Å². The van der Waals surface area contributed by atoms with Gasteiger partial charge in [0.2, 0.25) is 0 Å². The minimum Gasteiger partial charge on any atom is -0.314 e. The van der Waals surface area contributed by atoms with Crippen molar-refractivity contribution in [1.82, 2.24) is 5.32 Å². The van der Waals surface area contributed by atoms with Crippen LogP contribution in [0.5, 0.6) is 0 Å². The first-order chi connectivity index (χ1) is 10.1. The molecule has 0 aliphatic carbocycles. The molecule has 0 saturated carbocycles. The van der Waals surface area contributed by atoms with Crippen molar-refractivity contribution >= 4 is 0 Å². The van der Waals surface area contributed by atoms with Gasteiger partial charge in [0, 0.05) is 6.04 Å². The number of benzene rings is 2. The standard InChI is InChI=1S/C18H21F2N/c1-3-21-16(11-14-7-4-6-13(2)10-14)12-15-8-5-9-17(19)18(15)20/h4-10,16,21H,3,11-12H2,1-2H3. The van der Waals surface area contributed by atoms with Gasteiger partial charge in [0.1, 0.15) is 0 Å². The molecule has 0 spiro atoms. The number of hydrogen-bond acceptors (Lipinski definition) is 1. The monoisotopic (exact) mass is 289 g/mol. The van der Waals surface area contributed by atoms with Crippen LogP contribution in [0.4, 0.5) is 8.78 Å². The fourth-order valence-corrected chi connectivity index (χ4v) is 2.60. The Bertz CT molecular complexity index is 596. The summed E-state index contributed by atoms with van der Waals surface area (Å²) in [6.07, 6.45) is 1.27. The lowest BCUT2D eigenvalue weighted by Gasteiger charge is -2.19. The van der Waals surface area contributed by atoms with Gasteiger partial charge in [0.15, 0.2) is 11.6 Å². The minimum absolute atomic E-state index is 0.0908. The first-order valence-corrected chi connectivity index (χ1v) is 7.32. The van der Waals surface area contributed by atoms with Crippen molar-refractivity contribution < 1.29 is 8.78 Å². The summed E-state index contributed by atoms with van der Waals surface area (Å²) in [5.41, 5.74) is 2.84. The van der Waals surface area contributed by atoms with E-state index >= 15 is 0 Å². The van der Waals surface area contributed by atoms with E-state index in [-0.39, 0.29) is 6.04 Å². The largest absolute Gasteiger partial charge is 0.314 e. The van der Waals surface area contributed by atoms with Crippen molar-refractivity contribution in [2.24, 2.45) is 0 Å². The van der Waals surface area contributed by atoms with Crippen LogP contribution in [0, 0.1) is 18.6 Å². The maximum atomic E-state index is 13.8. The third kappa shape index (κ3) is 4.36. The lowest BCUT2D eigenvalue weighted by molar-refractivity contribution is 0.474. The molecule has 3 heteroatoms. The SMILES string of the molecule is CCNC(Cc1cccc(C)c1)Cc1cccc(F)c1F. The molecule has 2 aromatic rings. The number of rotatable bonds is 6. The highest BCUT2D eigenvalue weighted by Gasteiger charge is 2.14. The van der Waals surface area contributed by atoms with Crippen LogP contribution < -0.4 is 5.32 Å². The summed E-state index contributed by atoms with van der Waals surface area (Å²) in [4.78, 5) is 0. The normalized spacial score (nSPS) is 12.4. The maximum Gasteiger partial charge on any atom is 0.162 e. The Hall–Kier alpha value is -1.74. The highest BCUT2D eigenvalue weighted by Crippen LogP contribution is 2.16. The Morgan fingerprint density at radius 3 is 2.52 bits per heavy atom. The molecule has 1 unspecified atom stereocenters. The van der Waals surface area contributed by atoms with Crippen LogP contribution in [0.3, 0.4) is 0 Å². The lowest BCUT2D eigenvalue weighted by atomic mass is 9.97. The predicted molar refractivity (Wildman–Crippen MR) is 82.4 cm³/mol. The van der Waals surface area contributed by atoms with E-state index < -0.39 is 11.6 Å². The smallest absolute Gasteiger partial charge is 0.162 e. The highest BCUT2D eigenvalue weighted by molar-refractivity contribution is 5.25. The molecule has 2 aromatic carbocycles. The summed E-state index contributed by atoms with van der Waals surface area (Å²) in [6.45, 7) is 4.87. The Kier molecular flexibility index (Phi) is 5.45. The molecule has 0 aliphatic heterocycles. The molecule has 0 heterocycles. The molecule has 0 saturated heterocycles. The number of likely N-dealkylation sites (N-methyl/N-ethyl adjacent to an activating group) is 1. The number of aryl methyl sites for hydroxylation is 1. The van der Waals surface area contributed by atoms with Gasteiger partial charge in [-0.15, -0.1) is 0 Å². The van der Waals surface area contributed by atoms with Gasteiger partial charge in [0.05, 0.1) is 0 Å². The molecule has 0 bridgehead atoms. The summed E-state index contributed by atoms with van der Waals surface area (Å²) in [7, 11) is 0. The Balaban J connectivity index is 2.13. The first kappa shape index (κ1) is 15.6. The summed E-state index contributed by atoms with van der Waals surface area (Å²) < 4.78 is 27.1. The molecule has 1 atom stereocenters. The molecule has 1 N–H and O–H groups in total. The van der Waals surface area contributed by atoms with Crippen molar-refractivity contribution in [3.63, 3.8) is 0 Å². The molecule has 0 fully saturated rings. The molecule has 2 rings (SSSR count).